The van der Waals surface area contributed by atoms with Crippen molar-refractivity contribution in [3.05, 3.63) is 195 Å². The van der Waals surface area contributed by atoms with Gasteiger partial charge >= 0.3 is 6.04 Å². The van der Waals surface area contributed by atoms with E-state index in [0.717, 1.165) is 130 Å². The summed E-state index contributed by atoms with van der Waals surface area (Å²) in [6.07, 6.45) is 22.6. The number of hydrogen-bond acceptors (Lipinski definition) is 14. The number of aryl methyl sites for hydroxylation is 2. The normalized spacial score (nSPS) is 21.1. The second-order valence-electron chi connectivity index (χ2n) is 44.1. The number of nitrogens with zero attached hydrogens (tertiary/aromatic N) is 7. The highest BCUT2D eigenvalue weighted by Gasteiger charge is 2.62. The molecule has 1 amide bonds. The molecule has 8 atom stereocenters. The third-order valence-corrected chi connectivity index (χ3v) is 26.4. The first-order chi connectivity index (χ1) is 58.2. The van der Waals surface area contributed by atoms with Crippen molar-refractivity contribution in [3.8, 4) is 22.6 Å². The van der Waals surface area contributed by atoms with Crippen molar-refractivity contribution in [2.24, 2.45) is 34.0 Å². The number of rotatable bonds is 6. The van der Waals surface area contributed by atoms with Crippen LogP contribution in [0, 0.1) is 64.2 Å². The number of halogens is 5. The number of fused-ring (bicyclic) bond motifs is 5. The molecular formula is C104H141F5N8O8S. The number of ketones is 1. The molecule has 0 spiro atoms. The van der Waals surface area contributed by atoms with Gasteiger partial charge in [-0.25, -0.2) is 27.5 Å². The molecule has 17 rings (SSSR count). The maximum Gasteiger partial charge on any atom is 0.404 e. The fourth-order valence-corrected chi connectivity index (χ4v) is 18.4. The third kappa shape index (κ3) is 23.9. The molecule has 6 aromatic heterocycles. The van der Waals surface area contributed by atoms with E-state index in [1.165, 1.54) is 80.8 Å². The summed E-state index contributed by atoms with van der Waals surface area (Å²) in [5.41, 5.74) is 14.7. The zero-order valence-electron chi connectivity index (χ0n) is 80.7. The van der Waals surface area contributed by atoms with E-state index < -0.39 is 34.3 Å². The average Bonchev–Trinajstić information content (AvgIpc) is 1.56. The molecule has 0 radical (unpaired) electrons. The predicted octanol–water partition coefficient (Wildman–Crippen LogP) is 27.6. The fraction of sp³-hybridized carbons (Fsp3) is 0.567. The molecule has 10 aromatic rings. The summed E-state index contributed by atoms with van der Waals surface area (Å²) in [6, 6.07) is 24.3. The van der Waals surface area contributed by atoms with Crippen LogP contribution >= 0.6 is 0 Å². The number of hydrogen-bond donors (Lipinski definition) is 1. The first kappa shape index (κ1) is 99.1. The number of anilines is 1. The number of furan rings is 1. The Labute approximate surface area is 748 Å². The lowest BCUT2D eigenvalue weighted by atomic mass is 9.71. The number of carbonyl (C=O) groups excluding carboxylic acids is 2. The van der Waals surface area contributed by atoms with Gasteiger partial charge in [-0.05, 0) is 194 Å². The van der Waals surface area contributed by atoms with E-state index in [-0.39, 0.29) is 73.6 Å². The number of nitrogens with one attached hydrogen (secondary N) is 1. The van der Waals surface area contributed by atoms with Gasteiger partial charge in [0, 0.05) is 110 Å². The number of carbonyl (C=O) groups is 2. The first-order valence-corrected chi connectivity index (χ1v) is 46.6. The number of benzene rings is 4. The van der Waals surface area contributed by atoms with E-state index in [1.54, 1.807) is 25.4 Å². The smallest absolute Gasteiger partial charge is 0.404 e. The highest BCUT2D eigenvalue weighted by Crippen LogP contribution is 2.71. The van der Waals surface area contributed by atoms with Gasteiger partial charge in [-0.1, -0.05) is 227 Å². The summed E-state index contributed by atoms with van der Waals surface area (Å²) in [6.45, 7) is 60.2. The fourth-order valence-electron chi connectivity index (χ4n) is 17.9. The zero-order chi connectivity index (χ0) is 93.5. The molecule has 126 heavy (non-hydrogen) atoms. The van der Waals surface area contributed by atoms with Gasteiger partial charge in [-0.15, -0.1) is 0 Å². The van der Waals surface area contributed by atoms with Crippen LogP contribution in [0.5, 0.6) is 11.5 Å². The minimum atomic E-state index is -2.20. The van der Waals surface area contributed by atoms with E-state index in [0.29, 0.717) is 62.7 Å². The lowest BCUT2D eigenvalue weighted by Crippen LogP contribution is -2.39. The topological polar surface area (TPSA) is 194 Å². The van der Waals surface area contributed by atoms with Crippen LogP contribution < -0.4 is 19.9 Å². The highest BCUT2D eigenvalue weighted by molar-refractivity contribution is 7.84. The summed E-state index contributed by atoms with van der Waals surface area (Å²) in [5, 5.41) is 11.0. The molecule has 8 heterocycles. The monoisotopic (exact) mass is 1760 g/mol. The highest BCUT2D eigenvalue weighted by atomic mass is 32.2. The number of pyridine rings is 2. The molecule has 4 saturated carbocycles. The number of ether oxygens (including phenoxy) is 2. The average molecular weight is 1760 g/mol. The molecule has 686 valence electrons. The molecule has 1 saturated heterocycles. The lowest BCUT2D eigenvalue weighted by Gasteiger charge is -2.33. The largest absolute Gasteiger partial charge is 0.468 e. The van der Waals surface area contributed by atoms with Crippen molar-refractivity contribution >= 4 is 50.2 Å². The van der Waals surface area contributed by atoms with Crippen molar-refractivity contribution in [2.45, 2.75) is 346 Å². The Bertz CT molecular complexity index is 5480. The van der Waals surface area contributed by atoms with Gasteiger partial charge in [0.2, 0.25) is 5.91 Å². The van der Waals surface area contributed by atoms with E-state index >= 15 is 0 Å². The van der Waals surface area contributed by atoms with Crippen molar-refractivity contribution in [3.63, 3.8) is 0 Å². The summed E-state index contributed by atoms with van der Waals surface area (Å²) < 4.78 is 107. The van der Waals surface area contributed by atoms with Crippen LogP contribution in [0.1, 0.15) is 344 Å². The second-order valence-corrected chi connectivity index (χ2v) is 45.5. The van der Waals surface area contributed by atoms with Crippen LogP contribution in [0.2, 0.25) is 0 Å². The number of aromatic nitrogens is 6. The Balaban J connectivity index is 0.000000151. The van der Waals surface area contributed by atoms with Crippen LogP contribution in [0.25, 0.3) is 33.1 Å². The van der Waals surface area contributed by atoms with Gasteiger partial charge in [0.1, 0.15) is 34.5 Å². The van der Waals surface area contributed by atoms with Crippen LogP contribution in [0.15, 0.2) is 128 Å². The minimum absolute atomic E-state index is 0.0105. The van der Waals surface area contributed by atoms with E-state index in [9.17, 15) is 35.8 Å². The van der Waals surface area contributed by atoms with Crippen LogP contribution in [-0.2, 0) is 60.9 Å². The minimum Gasteiger partial charge on any atom is -0.468 e. The lowest BCUT2D eigenvalue weighted by molar-refractivity contribution is -0.173. The summed E-state index contributed by atoms with van der Waals surface area (Å²) in [5.74, 6) is 6.03. The van der Waals surface area contributed by atoms with E-state index in [1.807, 2.05) is 107 Å². The second kappa shape index (κ2) is 37.9. The Morgan fingerprint density at radius 3 is 1.77 bits per heavy atom. The van der Waals surface area contributed by atoms with E-state index in [2.05, 4.69) is 180 Å². The van der Waals surface area contributed by atoms with Crippen molar-refractivity contribution in [1.29, 1.82) is 0 Å². The van der Waals surface area contributed by atoms with Crippen molar-refractivity contribution in [1.82, 2.24) is 35.3 Å². The van der Waals surface area contributed by atoms with Crippen molar-refractivity contribution < 1.29 is 58.7 Å². The quantitative estimate of drug-likeness (QED) is 0.122. The summed E-state index contributed by atoms with van der Waals surface area (Å²) in [4.78, 5) is 36.9. The standard InChI is InChI=1S/C18H21FO.C16H20F2N2.C14H17NOS.C13H19N3O.C12H14F2O2.C11H17NO.C10H15NO2.C10H18/c1-18(2,3)13-6-9-17-15(10-13)16(11-20-17)12-4-7-14(19)8-5-12;1-16(2,3)15-19-12-9-8-11(17)13(18)14(12)20(15)10-6-4-5-7-10;1-14(2,3)12-7-8-15-13-9-10(17(4)16)5-6-11(12)13;1-9-8-11(17)15-16(9)12-10(13(2,3)4)6-5-7-14-12;1-11(2,3)7-5-9-10(6-8(7)13)16-12(4,14)15-9;1-7-5-8(7)9-6-10(13-12-9)11(2,3)4;1-6-8(7(2)12)9(13-11-6)10(3,4)5;1-9(2,3)10-6-4-5-8(10)7-10/h4-5,7-8,11,13H,6,9-10H2,1-3H3;8-10H,4-7H2,1-3H3;5-9H,1-4H3;5-7,9H,8H2,1-4H3,(H,15,17);5-6H,1-4H3;6-8H,5H2,1-4H3;1-5H3;8H,4-7H2,1-3H3. The SMILES string of the molecule is CC(=O)c1c(C)noc1C(C)(C)C.CC(C)(C)C12CCCC1C2.CC(C)(C)C1CCc2occ(-c3ccc(F)cc3)c2C1.CC(C)(C)c1nc2ccc(F)c(F)c2n1C1CCCC1.CC1(F)Oc2cc(F)c(C(C)(C)C)cc2O1.CC1CC(=O)NN1c1ncccc1C(C)(C)C.CC1CC1c1cc(C(C)(C)C)on1.CS(=O)c1ccc2c(C(C)(C)C)ccnc2c1. The molecule has 5 aliphatic carbocycles. The van der Waals surface area contributed by atoms with Gasteiger partial charge in [-0.2, -0.15) is 4.39 Å². The molecule has 5 fully saturated rings. The van der Waals surface area contributed by atoms with Crippen molar-refractivity contribution in [2.75, 3.05) is 11.3 Å². The van der Waals surface area contributed by atoms with Gasteiger partial charge in [0.25, 0.3) is 0 Å². The van der Waals surface area contributed by atoms with Crippen LogP contribution in [-0.4, -0.2) is 64.1 Å². The zero-order valence-corrected chi connectivity index (χ0v) is 81.6. The van der Waals surface area contributed by atoms with E-state index in [4.69, 9.17) is 22.9 Å². The molecule has 1 N–H and O–H groups in total. The number of imidazole rings is 1. The number of hydrazine groups is 1. The molecule has 16 nitrogen and oxygen atoms in total. The molecular weight excluding hydrogens is 1620 g/mol. The molecule has 8 unspecified atom stereocenters. The molecule has 7 aliphatic rings. The Hall–Kier alpha value is -9.05. The first-order valence-electron chi connectivity index (χ1n) is 45.0. The maximum absolute atomic E-state index is 14.3. The maximum atomic E-state index is 14.3. The van der Waals surface area contributed by atoms with Crippen LogP contribution in [0.4, 0.5) is 27.8 Å². The summed E-state index contributed by atoms with van der Waals surface area (Å²) in [7, 11) is -0.953. The van der Waals surface area contributed by atoms with Gasteiger partial charge < -0.3 is 27.5 Å². The number of amides is 1. The molecule has 2 aliphatic heterocycles. The van der Waals surface area contributed by atoms with Gasteiger partial charge in [0.15, 0.2) is 40.5 Å². The van der Waals surface area contributed by atoms with Crippen LogP contribution in [0.3, 0.4) is 0 Å². The van der Waals surface area contributed by atoms with Gasteiger partial charge in [-0.3, -0.25) is 29.2 Å². The number of Topliss-reactive ketones (excluding diaryl/α,β-unsaturated/α-hetero) is 1. The Kier molecular flexibility index (Phi) is 29.8. The Morgan fingerprint density at radius 2 is 1.27 bits per heavy atom. The third-order valence-electron chi connectivity index (χ3n) is 25.5. The van der Waals surface area contributed by atoms with Gasteiger partial charge in [0.05, 0.1) is 46.7 Å². The Morgan fingerprint density at radius 1 is 0.643 bits per heavy atom. The number of alkyl halides is 1. The molecule has 0 bridgehead atoms. The predicted molar refractivity (Wildman–Crippen MR) is 497 cm³/mol. The molecule has 22 heteroatoms. The summed E-state index contributed by atoms with van der Waals surface area (Å²) >= 11 is 0. The molecule has 4 aromatic carbocycles.